The number of halogens is 2. The number of anilines is 2. The smallest absolute Gasteiger partial charge is 0.410 e. The Bertz CT molecular complexity index is 1280. The minimum Gasteiger partial charge on any atom is -0.474 e. The van der Waals surface area contributed by atoms with E-state index in [2.05, 4.69) is 15.5 Å². The van der Waals surface area contributed by atoms with Crippen LogP contribution in [0.2, 0.25) is 0 Å². The third kappa shape index (κ3) is 5.15. The van der Waals surface area contributed by atoms with Crippen molar-refractivity contribution in [1.29, 1.82) is 0 Å². The number of benzene rings is 2. The molecule has 0 unspecified atom stereocenters. The second-order valence-corrected chi connectivity index (χ2v) is 8.27. The lowest BCUT2D eigenvalue weighted by atomic mass is 10.1. The number of ether oxygens (including phenoxy) is 3. The maximum Gasteiger partial charge on any atom is 0.410 e. The molecular weight excluding hydrogens is 472 g/mol. The summed E-state index contributed by atoms with van der Waals surface area (Å²) in [7, 11) is 0. The molecule has 2 aromatic carbocycles. The van der Waals surface area contributed by atoms with E-state index >= 15 is 8.78 Å². The summed E-state index contributed by atoms with van der Waals surface area (Å²) in [5.74, 6) is -2.32. The molecule has 1 aromatic heterocycles. The molecule has 0 aliphatic carbocycles. The van der Waals surface area contributed by atoms with Gasteiger partial charge in [-0.3, -0.25) is 5.43 Å². The van der Waals surface area contributed by atoms with Crippen LogP contribution >= 0.6 is 0 Å². The number of carbonyl (C=O) groups is 1. The fourth-order valence-electron chi connectivity index (χ4n) is 4.03. The Kier molecular flexibility index (Phi) is 7.08. The van der Waals surface area contributed by atoms with Crippen molar-refractivity contribution in [2.75, 3.05) is 62.9 Å². The Balaban J connectivity index is 1.38. The Labute approximate surface area is 206 Å². The van der Waals surface area contributed by atoms with E-state index in [-0.39, 0.29) is 24.8 Å². The van der Waals surface area contributed by atoms with Crippen molar-refractivity contribution < 1.29 is 27.8 Å². The highest BCUT2D eigenvalue weighted by molar-refractivity contribution is 5.90. The molecule has 2 fully saturated rings. The van der Waals surface area contributed by atoms with Gasteiger partial charge in [-0.1, -0.05) is 36.4 Å². The summed E-state index contributed by atoms with van der Waals surface area (Å²) >= 11 is 0. The number of hydrogen-bond donors (Lipinski definition) is 1. The third-order valence-electron chi connectivity index (χ3n) is 5.95. The van der Waals surface area contributed by atoms with E-state index in [0.717, 1.165) is 16.3 Å². The van der Waals surface area contributed by atoms with Crippen molar-refractivity contribution in [3.8, 4) is 5.88 Å². The normalized spacial score (nSPS) is 16.1. The summed E-state index contributed by atoms with van der Waals surface area (Å²) in [5.41, 5.74) is 2.78. The molecule has 2 aliphatic heterocycles. The van der Waals surface area contributed by atoms with Crippen molar-refractivity contribution in [3.63, 3.8) is 0 Å². The zero-order valence-corrected chi connectivity index (χ0v) is 19.5. The van der Waals surface area contributed by atoms with Crippen LogP contribution in [0.1, 0.15) is 5.56 Å². The largest absolute Gasteiger partial charge is 0.474 e. The van der Waals surface area contributed by atoms with Crippen LogP contribution in [-0.4, -0.2) is 74.8 Å². The first-order chi connectivity index (χ1) is 17.6. The monoisotopic (exact) mass is 497 g/mol. The molecule has 11 heteroatoms. The topological polar surface area (TPSA) is 88.5 Å². The van der Waals surface area contributed by atoms with Crippen LogP contribution in [-0.2, 0) is 9.47 Å². The van der Waals surface area contributed by atoms with Crippen LogP contribution in [0.4, 0.5) is 25.1 Å². The summed E-state index contributed by atoms with van der Waals surface area (Å²) in [4.78, 5) is 18.8. The Morgan fingerprint density at radius 3 is 2.64 bits per heavy atom. The van der Waals surface area contributed by atoms with Gasteiger partial charge < -0.3 is 24.0 Å². The zero-order chi connectivity index (χ0) is 24.9. The maximum absolute atomic E-state index is 15.4. The van der Waals surface area contributed by atoms with Crippen molar-refractivity contribution in [3.05, 3.63) is 59.7 Å². The summed E-state index contributed by atoms with van der Waals surface area (Å²) in [6.45, 7) is 2.47. The predicted molar refractivity (Wildman–Crippen MR) is 131 cm³/mol. The zero-order valence-electron chi connectivity index (χ0n) is 19.5. The number of carbonyl (C=O) groups excluding carboxylic acids is 1. The maximum atomic E-state index is 15.4. The number of rotatable bonds is 8. The lowest BCUT2D eigenvalue weighted by Crippen LogP contribution is -2.37. The number of morpholine rings is 1. The van der Waals surface area contributed by atoms with Gasteiger partial charge in [0.1, 0.15) is 18.9 Å². The van der Waals surface area contributed by atoms with Gasteiger partial charge in [-0.05, 0) is 22.4 Å². The van der Waals surface area contributed by atoms with E-state index < -0.39 is 23.4 Å². The molecule has 1 N–H and O–H groups in total. The van der Waals surface area contributed by atoms with E-state index in [4.69, 9.17) is 14.2 Å². The molecule has 0 spiro atoms. The number of cyclic esters (lactones) is 1. The van der Waals surface area contributed by atoms with E-state index in [0.29, 0.717) is 39.5 Å². The lowest BCUT2D eigenvalue weighted by Gasteiger charge is -2.29. The average Bonchev–Trinajstić information content (AvgIpc) is 3.32. The molecule has 3 heterocycles. The highest BCUT2D eigenvalue weighted by Gasteiger charge is 2.27. The molecule has 9 nitrogen and oxygen atoms in total. The van der Waals surface area contributed by atoms with Crippen molar-refractivity contribution in [2.24, 2.45) is 5.10 Å². The van der Waals surface area contributed by atoms with Crippen molar-refractivity contribution in [2.45, 2.75) is 0 Å². The highest BCUT2D eigenvalue weighted by Crippen LogP contribution is 2.33. The second kappa shape index (κ2) is 10.7. The van der Waals surface area contributed by atoms with Gasteiger partial charge in [0.2, 0.25) is 5.82 Å². The quantitative estimate of drug-likeness (QED) is 0.376. The first-order valence-corrected chi connectivity index (χ1v) is 11.6. The minimum atomic E-state index is -1.01. The van der Waals surface area contributed by atoms with Crippen LogP contribution in [0.5, 0.6) is 5.88 Å². The summed E-state index contributed by atoms with van der Waals surface area (Å²) in [6.07, 6.45) is 1.03. The van der Waals surface area contributed by atoms with Gasteiger partial charge in [-0.25, -0.2) is 9.18 Å². The molecule has 36 heavy (non-hydrogen) atoms. The van der Waals surface area contributed by atoms with Gasteiger partial charge >= 0.3 is 6.09 Å². The predicted octanol–water partition coefficient (Wildman–Crippen LogP) is 3.63. The number of hydrazone groups is 1. The van der Waals surface area contributed by atoms with Crippen LogP contribution in [0.3, 0.4) is 0 Å². The van der Waals surface area contributed by atoms with E-state index in [1.165, 1.54) is 11.1 Å². The standard InChI is InChI=1S/C25H25F2N5O4/c26-20-22(30-28-16-17-5-6-18-3-1-2-4-19(18)15-17)21(27)24(29-23(20)31-7-11-34-12-8-31)35-13-9-32-10-14-36-25(32)33/h1-6,15-16H,7-14H2,(H,29,30). The Morgan fingerprint density at radius 1 is 1.06 bits per heavy atom. The molecular formula is C25H25F2N5O4. The minimum absolute atomic E-state index is 0.0347. The molecule has 0 saturated carbocycles. The number of fused-ring (bicyclic) bond motifs is 1. The molecule has 5 rings (SSSR count). The number of amides is 1. The lowest BCUT2D eigenvalue weighted by molar-refractivity contribution is 0.122. The first-order valence-electron chi connectivity index (χ1n) is 11.6. The molecule has 0 bridgehead atoms. The number of nitrogens with one attached hydrogen (secondary N) is 1. The molecule has 3 aromatic rings. The molecule has 188 valence electrons. The van der Waals surface area contributed by atoms with E-state index in [1.54, 1.807) is 4.90 Å². The fourth-order valence-corrected chi connectivity index (χ4v) is 4.03. The van der Waals surface area contributed by atoms with Crippen LogP contribution in [0.15, 0.2) is 47.6 Å². The van der Waals surface area contributed by atoms with Gasteiger partial charge in [0.25, 0.3) is 5.88 Å². The third-order valence-corrected chi connectivity index (χ3v) is 5.95. The van der Waals surface area contributed by atoms with E-state index in [9.17, 15) is 4.79 Å². The Morgan fingerprint density at radius 2 is 1.86 bits per heavy atom. The van der Waals surface area contributed by atoms with Gasteiger partial charge in [0.05, 0.1) is 32.5 Å². The van der Waals surface area contributed by atoms with Gasteiger partial charge in [0.15, 0.2) is 11.6 Å². The van der Waals surface area contributed by atoms with E-state index in [1.807, 2.05) is 42.5 Å². The van der Waals surface area contributed by atoms with Crippen molar-refractivity contribution >= 4 is 34.6 Å². The summed E-state index contributed by atoms with van der Waals surface area (Å²) < 4.78 is 46.4. The van der Waals surface area contributed by atoms with Gasteiger partial charge in [-0.2, -0.15) is 14.5 Å². The molecule has 2 aliphatic rings. The SMILES string of the molecule is O=C1OCCN1CCOc1nc(N2CCOCC2)c(F)c(NN=Cc2ccc3ccccc3c2)c1F. The molecule has 0 atom stereocenters. The fraction of sp³-hybridized carbons (Fsp3) is 0.320. The van der Waals surface area contributed by atoms with Crippen molar-refractivity contribution in [1.82, 2.24) is 9.88 Å². The van der Waals surface area contributed by atoms with Crippen LogP contribution in [0, 0.1) is 11.6 Å². The first kappa shape index (κ1) is 23.7. The number of aromatic nitrogens is 1. The Hall–Kier alpha value is -3.99. The summed E-state index contributed by atoms with van der Waals surface area (Å²) in [5, 5.41) is 6.17. The van der Waals surface area contributed by atoms with Gasteiger partial charge in [0, 0.05) is 13.1 Å². The van der Waals surface area contributed by atoms with Gasteiger partial charge in [-0.15, -0.1) is 0 Å². The molecule has 1 amide bonds. The summed E-state index contributed by atoms with van der Waals surface area (Å²) in [6, 6.07) is 13.6. The highest BCUT2D eigenvalue weighted by atomic mass is 19.1. The number of hydrogen-bond acceptors (Lipinski definition) is 8. The number of pyridine rings is 1. The molecule has 0 radical (unpaired) electrons. The second-order valence-electron chi connectivity index (χ2n) is 8.27. The number of nitrogens with zero attached hydrogens (tertiary/aromatic N) is 4. The average molecular weight is 498 g/mol. The van der Waals surface area contributed by atoms with Crippen LogP contribution in [0.25, 0.3) is 10.8 Å². The molecule has 2 saturated heterocycles. The van der Waals surface area contributed by atoms with Crippen LogP contribution < -0.4 is 15.1 Å².